The van der Waals surface area contributed by atoms with Gasteiger partial charge in [-0.25, -0.2) is 0 Å². The third-order valence-electron chi connectivity index (χ3n) is 10.2. The Morgan fingerprint density at radius 1 is 0.275 bits per heavy atom. The van der Waals surface area contributed by atoms with E-state index in [-0.39, 0.29) is 0 Å². The molecule has 0 fully saturated rings. The van der Waals surface area contributed by atoms with Gasteiger partial charge >= 0.3 is 0 Å². The van der Waals surface area contributed by atoms with Crippen molar-refractivity contribution >= 4 is 59.5 Å². The van der Waals surface area contributed by atoms with E-state index in [0.29, 0.717) is 0 Å². The van der Waals surface area contributed by atoms with Crippen LogP contribution < -0.4 is 0 Å². The van der Waals surface area contributed by atoms with Crippen LogP contribution in [-0.4, -0.2) is 9.13 Å². The lowest BCUT2D eigenvalue weighted by Gasteiger charge is -2.13. The molecule has 2 nitrogen and oxygen atoms in total. The molecule has 0 radical (unpaired) electrons. The van der Waals surface area contributed by atoms with Crippen molar-refractivity contribution in [2.75, 3.05) is 0 Å². The molecule has 240 valence electrons. The second-order valence-electron chi connectivity index (χ2n) is 13.1. The maximum absolute atomic E-state index is 3.64. The number of para-hydroxylation sites is 4. The molecule has 0 N–H and O–H groups in total. The Labute approximate surface area is 304 Å². The summed E-state index contributed by atoms with van der Waals surface area (Å²) in [4.78, 5) is 0. The highest BCUT2D eigenvalue weighted by atomic mass is 79.9. The quantitative estimate of drug-likeness (QED) is 0.168. The Morgan fingerprint density at radius 3 is 1.33 bits per heavy atom. The molecule has 10 rings (SSSR count). The van der Waals surface area contributed by atoms with Gasteiger partial charge < -0.3 is 9.13 Å². The van der Waals surface area contributed by atoms with Crippen molar-refractivity contribution in [3.8, 4) is 44.8 Å². The number of nitrogens with zero attached hydrogens (tertiary/aromatic N) is 2. The predicted octanol–water partition coefficient (Wildman–Crippen LogP) is 13.6. The summed E-state index contributed by atoms with van der Waals surface area (Å²) in [5, 5.41) is 5.01. The van der Waals surface area contributed by atoms with Gasteiger partial charge in [-0.3, -0.25) is 0 Å². The molecular weight excluding hydrogens is 684 g/mol. The van der Waals surface area contributed by atoms with Gasteiger partial charge in [0, 0.05) is 37.4 Å². The molecule has 3 heteroatoms. The fourth-order valence-electron chi connectivity index (χ4n) is 7.78. The van der Waals surface area contributed by atoms with E-state index in [0.717, 1.165) is 10.2 Å². The maximum atomic E-state index is 3.64. The van der Waals surface area contributed by atoms with Gasteiger partial charge in [-0.1, -0.05) is 119 Å². The van der Waals surface area contributed by atoms with Crippen LogP contribution in [0.2, 0.25) is 0 Å². The molecular formula is C48H31BrN2. The Bertz CT molecular complexity index is 2900. The second-order valence-corrected chi connectivity index (χ2v) is 14.1. The molecule has 10 aromatic rings. The third kappa shape index (κ3) is 5.00. The summed E-state index contributed by atoms with van der Waals surface area (Å²) in [7, 11) is 0. The Morgan fingerprint density at radius 2 is 0.706 bits per heavy atom. The molecule has 0 saturated carbocycles. The first-order valence-electron chi connectivity index (χ1n) is 17.3. The van der Waals surface area contributed by atoms with E-state index in [2.05, 4.69) is 213 Å². The summed E-state index contributed by atoms with van der Waals surface area (Å²) in [6.45, 7) is 0. The van der Waals surface area contributed by atoms with Crippen molar-refractivity contribution in [1.29, 1.82) is 0 Å². The van der Waals surface area contributed by atoms with Crippen LogP contribution in [0.3, 0.4) is 0 Å². The molecule has 0 aliphatic carbocycles. The largest absolute Gasteiger partial charge is 0.309 e. The number of benzene rings is 8. The van der Waals surface area contributed by atoms with Crippen LogP contribution in [0.5, 0.6) is 0 Å². The standard InChI is InChI=1S/C48H31BrN2/c49-38-23-19-32(20-24-38)35-27-36(33-22-26-47-44(30-33)42-16-8-10-18-46(42)50(47)39-11-3-1-4-12-39)29-37(28-35)34-21-25-43-41-15-7-9-17-45(41)51(48(43)31-34)40-13-5-2-6-14-40/h1-31H. The topological polar surface area (TPSA) is 9.86 Å². The van der Waals surface area contributed by atoms with Crippen LogP contribution in [0.15, 0.2) is 193 Å². The van der Waals surface area contributed by atoms with Gasteiger partial charge in [0.15, 0.2) is 0 Å². The summed E-state index contributed by atoms with van der Waals surface area (Å²) < 4.78 is 5.84. The molecule has 2 aromatic heterocycles. The van der Waals surface area contributed by atoms with E-state index in [1.165, 1.54) is 82.7 Å². The molecule has 8 aromatic carbocycles. The van der Waals surface area contributed by atoms with Crippen molar-refractivity contribution in [2.45, 2.75) is 0 Å². The number of hydrogen-bond donors (Lipinski definition) is 0. The zero-order chi connectivity index (χ0) is 33.9. The second kappa shape index (κ2) is 12.0. The van der Waals surface area contributed by atoms with Gasteiger partial charge in [0.05, 0.1) is 22.1 Å². The van der Waals surface area contributed by atoms with Crippen molar-refractivity contribution in [3.05, 3.63) is 193 Å². The maximum Gasteiger partial charge on any atom is 0.0547 e. The SMILES string of the molecule is Brc1ccc(-c2cc(-c3ccc4c(c3)c3ccccc3n4-c3ccccc3)cc(-c3ccc4c5ccccc5n(-c5ccccc5)c4c3)c2)cc1. The van der Waals surface area contributed by atoms with E-state index < -0.39 is 0 Å². The van der Waals surface area contributed by atoms with E-state index in [4.69, 9.17) is 0 Å². The van der Waals surface area contributed by atoms with Crippen LogP contribution in [0.1, 0.15) is 0 Å². The third-order valence-corrected chi connectivity index (χ3v) is 10.7. The molecule has 0 amide bonds. The zero-order valence-electron chi connectivity index (χ0n) is 27.7. The van der Waals surface area contributed by atoms with Crippen LogP contribution in [-0.2, 0) is 0 Å². The minimum Gasteiger partial charge on any atom is -0.309 e. The molecule has 0 atom stereocenters. The lowest BCUT2D eigenvalue weighted by Crippen LogP contribution is -1.93. The Balaban J connectivity index is 1.20. The number of hydrogen-bond acceptors (Lipinski definition) is 0. The molecule has 0 aliphatic rings. The van der Waals surface area contributed by atoms with Gasteiger partial charge in [-0.2, -0.15) is 0 Å². The average Bonchev–Trinajstić information content (AvgIpc) is 3.71. The normalized spacial score (nSPS) is 11.6. The van der Waals surface area contributed by atoms with Gasteiger partial charge in [0.2, 0.25) is 0 Å². The van der Waals surface area contributed by atoms with Crippen LogP contribution >= 0.6 is 15.9 Å². The molecule has 51 heavy (non-hydrogen) atoms. The van der Waals surface area contributed by atoms with Crippen molar-refractivity contribution in [2.24, 2.45) is 0 Å². The summed E-state index contributed by atoms with van der Waals surface area (Å²) in [6, 6.07) is 68.3. The zero-order valence-corrected chi connectivity index (χ0v) is 29.3. The highest BCUT2D eigenvalue weighted by molar-refractivity contribution is 9.10. The minimum atomic E-state index is 1.07. The monoisotopic (exact) mass is 714 g/mol. The van der Waals surface area contributed by atoms with Crippen LogP contribution in [0.4, 0.5) is 0 Å². The van der Waals surface area contributed by atoms with Crippen molar-refractivity contribution < 1.29 is 0 Å². The van der Waals surface area contributed by atoms with Gasteiger partial charge in [0.1, 0.15) is 0 Å². The van der Waals surface area contributed by atoms with Crippen molar-refractivity contribution in [3.63, 3.8) is 0 Å². The average molecular weight is 716 g/mol. The summed E-state index contributed by atoms with van der Waals surface area (Å²) in [6.07, 6.45) is 0. The minimum absolute atomic E-state index is 1.07. The van der Waals surface area contributed by atoms with Gasteiger partial charge in [-0.05, 0) is 118 Å². The van der Waals surface area contributed by atoms with E-state index in [1.807, 2.05) is 0 Å². The van der Waals surface area contributed by atoms with Crippen LogP contribution in [0.25, 0.3) is 88.4 Å². The first kappa shape index (κ1) is 29.7. The summed E-state index contributed by atoms with van der Waals surface area (Å²) >= 11 is 3.64. The molecule has 2 heterocycles. The molecule has 0 spiro atoms. The molecule has 0 unspecified atom stereocenters. The highest BCUT2D eigenvalue weighted by Crippen LogP contribution is 2.40. The van der Waals surface area contributed by atoms with Gasteiger partial charge in [0.25, 0.3) is 0 Å². The lowest BCUT2D eigenvalue weighted by molar-refractivity contribution is 1.18. The lowest BCUT2D eigenvalue weighted by atomic mass is 9.92. The number of aromatic nitrogens is 2. The predicted molar refractivity (Wildman–Crippen MR) is 219 cm³/mol. The van der Waals surface area contributed by atoms with E-state index in [9.17, 15) is 0 Å². The smallest absolute Gasteiger partial charge is 0.0547 e. The van der Waals surface area contributed by atoms with Gasteiger partial charge in [-0.15, -0.1) is 0 Å². The van der Waals surface area contributed by atoms with E-state index in [1.54, 1.807) is 0 Å². The highest BCUT2D eigenvalue weighted by Gasteiger charge is 2.16. The summed E-state index contributed by atoms with van der Waals surface area (Å²) in [5.41, 5.74) is 14.3. The Hall–Kier alpha value is -6.16. The first-order chi connectivity index (χ1) is 25.2. The summed E-state index contributed by atoms with van der Waals surface area (Å²) in [5.74, 6) is 0. The molecule has 0 saturated heterocycles. The number of fused-ring (bicyclic) bond motifs is 6. The van der Waals surface area contributed by atoms with Crippen LogP contribution in [0, 0.1) is 0 Å². The fraction of sp³-hybridized carbons (Fsp3) is 0. The first-order valence-corrected chi connectivity index (χ1v) is 18.1. The number of rotatable bonds is 5. The fourth-order valence-corrected chi connectivity index (χ4v) is 8.05. The number of halogens is 1. The Kier molecular flexibility index (Phi) is 7.00. The molecule has 0 bridgehead atoms. The molecule has 0 aliphatic heterocycles. The van der Waals surface area contributed by atoms with Crippen molar-refractivity contribution in [1.82, 2.24) is 9.13 Å². The van der Waals surface area contributed by atoms with E-state index >= 15 is 0 Å².